The van der Waals surface area contributed by atoms with E-state index in [1.165, 1.54) is 0 Å². The fourth-order valence-corrected chi connectivity index (χ4v) is 2.20. The lowest BCUT2D eigenvalue weighted by Crippen LogP contribution is -2.41. The molecule has 0 heterocycles. The number of aliphatic hydroxyl groups excluding tert-OH is 1. The quantitative estimate of drug-likeness (QED) is 0.712. The maximum absolute atomic E-state index is 10.4. The maximum Gasteiger partial charge on any atom is 0.115 e. The average molecular weight is 192 g/mol. The van der Waals surface area contributed by atoms with Crippen LogP contribution >= 0.6 is 0 Å². The molecule has 2 rings (SSSR count). The highest BCUT2D eigenvalue weighted by molar-refractivity contribution is 5.24. The van der Waals surface area contributed by atoms with Crippen molar-refractivity contribution < 1.29 is 10.2 Å². The van der Waals surface area contributed by atoms with E-state index in [2.05, 4.69) is 0 Å². The summed E-state index contributed by atoms with van der Waals surface area (Å²) >= 11 is 0. The van der Waals surface area contributed by atoms with Crippen molar-refractivity contribution in [3.63, 3.8) is 0 Å². The van der Waals surface area contributed by atoms with Gasteiger partial charge in [0.2, 0.25) is 0 Å². The molecule has 1 aromatic rings. The van der Waals surface area contributed by atoms with Crippen LogP contribution in [-0.2, 0) is 5.60 Å². The Hall–Kier alpha value is -0.860. The van der Waals surface area contributed by atoms with Crippen molar-refractivity contribution in [2.24, 2.45) is 0 Å². The van der Waals surface area contributed by atoms with Crippen molar-refractivity contribution in [3.05, 3.63) is 35.9 Å². The van der Waals surface area contributed by atoms with Crippen LogP contribution < -0.4 is 0 Å². The van der Waals surface area contributed by atoms with E-state index in [-0.39, 0.29) is 0 Å². The fraction of sp³-hybridized carbons (Fsp3) is 0.500. The topological polar surface area (TPSA) is 40.5 Å². The summed E-state index contributed by atoms with van der Waals surface area (Å²) in [6, 6.07) is 9.48. The van der Waals surface area contributed by atoms with Crippen LogP contribution in [0.2, 0.25) is 0 Å². The van der Waals surface area contributed by atoms with Gasteiger partial charge in [-0.1, -0.05) is 43.2 Å². The second-order valence-corrected chi connectivity index (χ2v) is 4.05. The van der Waals surface area contributed by atoms with E-state index in [0.29, 0.717) is 12.8 Å². The molecule has 0 unspecified atom stereocenters. The van der Waals surface area contributed by atoms with Gasteiger partial charge in [-0.15, -0.1) is 0 Å². The second kappa shape index (κ2) is 3.71. The van der Waals surface area contributed by atoms with E-state index in [9.17, 15) is 10.2 Å². The van der Waals surface area contributed by atoms with Gasteiger partial charge in [-0.3, -0.25) is 0 Å². The number of benzene rings is 1. The molecule has 14 heavy (non-hydrogen) atoms. The van der Waals surface area contributed by atoms with E-state index in [0.717, 1.165) is 18.4 Å². The molecule has 0 saturated heterocycles. The number of hydrogen-bond donors (Lipinski definition) is 2. The van der Waals surface area contributed by atoms with Crippen LogP contribution in [0.15, 0.2) is 30.3 Å². The maximum atomic E-state index is 10.4. The number of hydrogen-bond acceptors (Lipinski definition) is 2. The van der Waals surface area contributed by atoms with Crippen molar-refractivity contribution in [1.29, 1.82) is 0 Å². The Bertz CT molecular complexity index is 296. The van der Waals surface area contributed by atoms with Gasteiger partial charge in [0.05, 0.1) is 6.10 Å². The zero-order valence-corrected chi connectivity index (χ0v) is 8.19. The Morgan fingerprint density at radius 3 is 2.50 bits per heavy atom. The Morgan fingerprint density at radius 1 is 1.14 bits per heavy atom. The van der Waals surface area contributed by atoms with E-state index in [1.807, 2.05) is 30.3 Å². The van der Waals surface area contributed by atoms with Gasteiger partial charge in [-0.25, -0.2) is 0 Å². The highest BCUT2D eigenvalue weighted by Crippen LogP contribution is 2.36. The molecule has 1 saturated carbocycles. The van der Waals surface area contributed by atoms with Crippen molar-refractivity contribution in [2.45, 2.75) is 37.4 Å². The fourth-order valence-electron chi connectivity index (χ4n) is 2.20. The minimum absolute atomic E-state index is 0.612. The zero-order valence-electron chi connectivity index (χ0n) is 8.19. The van der Waals surface area contributed by atoms with Gasteiger partial charge in [0, 0.05) is 0 Å². The molecule has 0 amide bonds. The van der Waals surface area contributed by atoms with Gasteiger partial charge in [0.1, 0.15) is 5.60 Å². The molecule has 2 heteroatoms. The van der Waals surface area contributed by atoms with Crippen LogP contribution in [0.1, 0.15) is 31.2 Å². The number of aliphatic hydroxyl groups is 2. The molecule has 1 aliphatic rings. The van der Waals surface area contributed by atoms with Crippen molar-refractivity contribution in [2.75, 3.05) is 0 Å². The first-order valence-corrected chi connectivity index (χ1v) is 5.19. The van der Waals surface area contributed by atoms with E-state index < -0.39 is 11.7 Å². The summed E-state index contributed by atoms with van der Waals surface area (Å²) in [6.45, 7) is 0. The summed E-state index contributed by atoms with van der Waals surface area (Å²) in [4.78, 5) is 0. The predicted octanol–water partition coefficient (Wildman–Crippen LogP) is 1.81. The normalized spacial score (nSPS) is 32.9. The van der Waals surface area contributed by atoms with Crippen LogP contribution in [0.4, 0.5) is 0 Å². The smallest absolute Gasteiger partial charge is 0.115 e. The molecule has 2 N–H and O–H groups in total. The van der Waals surface area contributed by atoms with Gasteiger partial charge >= 0.3 is 0 Å². The Balaban J connectivity index is 2.30. The van der Waals surface area contributed by atoms with Gasteiger partial charge in [0.15, 0.2) is 0 Å². The second-order valence-electron chi connectivity index (χ2n) is 4.05. The highest BCUT2D eigenvalue weighted by Gasteiger charge is 2.38. The summed E-state index contributed by atoms with van der Waals surface area (Å²) in [5, 5.41) is 20.2. The minimum atomic E-state index is -1.01. The van der Waals surface area contributed by atoms with Crippen LogP contribution in [0.3, 0.4) is 0 Å². The third kappa shape index (κ3) is 1.56. The van der Waals surface area contributed by atoms with Gasteiger partial charge < -0.3 is 10.2 Å². The predicted molar refractivity (Wildman–Crippen MR) is 54.8 cm³/mol. The molecule has 0 spiro atoms. The highest BCUT2D eigenvalue weighted by atomic mass is 16.3. The molecule has 2 atom stereocenters. The SMILES string of the molecule is O[C@H]1CCCC[C@]1(O)c1ccccc1. The molecule has 76 valence electrons. The van der Waals surface area contributed by atoms with Crippen molar-refractivity contribution in [3.8, 4) is 0 Å². The largest absolute Gasteiger partial charge is 0.390 e. The van der Waals surface area contributed by atoms with Crippen molar-refractivity contribution >= 4 is 0 Å². The van der Waals surface area contributed by atoms with E-state index in [4.69, 9.17) is 0 Å². The van der Waals surface area contributed by atoms with Crippen LogP contribution in [0.25, 0.3) is 0 Å². The molecule has 1 aromatic carbocycles. The summed E-state index contributed by atoms with van der Waals surface area (Å²) in [6.07, 6.45) is 2.75. The number of rotatable bonds is 1. The summed E-state index contributed by atoms with van der Waals surface area (Å²) in [5.74, 6) is 0. The lowest BCUT2D eigenvalue weighted by molar-refractivity contribution is -0.106. The molecule has 0 aliphatic heterocycles. The molecule has 0 bridgehead atoms. The standard InChI is InChI=1S/C12H16O2/c13-11-8-4-5-9-12(11,14)10-6-2-1-3-7-10/h1-3,6-7,11,13-14H,4-5,8-9H2/t11-,12-/m0/s1. The summed E-state index contributed by atoms with van der Waals surface area (Å²) in [5.41, 5.74) is -0.174. The third-order valence-electron chi connectivity index (χ3n) is 3.11. The zero-order chi connectivity index (χ0) is 10.0. The molecular formula is C12H16O2. The lowest BCUT2D eigenvalue weighted by Gasteiger charge is -2.37. The van der Waals surface area contributed by atoms with Crippen LogP contribution in [0.5, 0.6) is 0 Å². The van der Waals surface area contributed by atoms with Gasteiger partial charge in [-0.2, -0.15) is 0 Å². The van der Waals surface area contributed by atoms with E-state index in [1.54, 1.807) is 0 Å². The van der Waals surface area contributed by atoms with Gasteiger partial charge in [-0.05, 0) is 18.4 Å². The summed E-state index contributed by atoms with van der Waals surface area (Å²) in [7, 11) is 0. The minimum Gasteiger partial charge on any atom is -0.390 e. The third-order valence-corrected chi connectivity index (χ3v) is 3.11. The Labute approximate surface area is 84.2 Å². The van der Waals surface area contributed by atoms with Crippen LogP contribution in [-0.4, -0.2) is 16.3 Å². The molecule has 0 aromatic heterocycles. The van der Waals surface area contributed by atoms with Crippen LogP contribution in [0, 0.1) is 0 Å². The molecule has 0 radical (unpaired) electrons. The Kier molecular flexibility index (Phi) is 2.57. The lowest BCUT2D eigenvalue weighted by atomic mass is 9.77. The molecule has 2 nitrogen and oxygen atoms in total. The van der Waals surface area contributed by atoms with Gasteiger partial charge in [0.25, 0.3) is 0 Å². The molecular weight excluding hydrogens is 176 g/mol. The monoisotopic (exact) mass is 192 g/mol. The van der Waals surface area contributed by atoms with Crippen molar-refractivity contribution in [1.82, 2.24) is 0 Å². The first kappa shape index (κ1) is 9.69. The first-order valence-electron chi connectivity index (χ1n) is 5.19. The first-order chi connectivity index (χ1) is 6.73. The van der Waals surface area contributed by atoms with E-state index >= 15 is 0 Å². The summed E-state index contributed by atoms with van der Waals surface area (Å²) < 4.78 is 0. The molecule has 1 aliphatic carbocycles. The Morgan fingerprint density at radius 2 is 1.86 bits per heavy atom. The average Bonchev–Trinajstić information content (AvgIpc) is 2.24. The molecule has 1 fully saturated rings.